The lowest BCUT2D eigenvalue weighted by atomic mass is 10.2. The molecule has 1 aromatic carbocycles. The lowest BCUT2D eigenvalue weighted by Crippen LogP contribution is -2.25. The van der Waals surface area contributed by atoms with Gasteiger partial charge in [0.05, 0.1) is 6.54 Å². The first-order chi connectivity index (χ1) is 8.49. The average molecular weight is 248 g/mol. The molecule has 0 aliphatic heterocycles. The first-order valence-corrected chi connectivity index (χ1v) is 5.83. The fourth-order valence-electron chi connectivity index (χ4n) is 1.32. The number of nitrogens with two attached hydrogens (primary N) is 1. The number of hydrogen-bond acceptors (Lipinski definition) is 2. The third-order valence-electron chi connectivity index (χ3n) is 2.43. The van der Waals surface area contributed by atoms with Crippen molar-refractivity contribution in [3.05, 3.63) is 29.8 Å². The summed E-state index contributed by atoms with van der Waals surface area (Å²) in [7, 11) is 3.44. The first-order valence-electron chi connectivity index (χ1n) is 5.83. The van der Waals surface area contributed by atoms with Gasteiger partial charge in [-0.3, -0.25) is 9.79 Å². The van der Waals surface area contributed by atoms with Crippen LogP contribution in [0.2, 0.25) is 0 Å². The molecule has 1 aromatic rings. The monoisotopic (exact) mass is 248 g/mol. The molecule has 0 radical (unpaired) electrons. The van der Waals surface area contributed by atoms with Crippen LogP contribution in [0.4, 0.5) is 5.69 Å². The molecule has 0 unspecified atom stereocenters. The Kier molecular flexibility index (Phi) is 5.17. The Hall–Kier alpha value is -2.04. The van der Waals surface area contributed by atoms with Crippen molar-refractivity contribution in [1.82, 2.24) is 4.90 Å². The molecule has 18 heavy (non-hydrogen) atoms. The van der Waals surface area contributed by atoms with Crippen molar-refractivity contribution in [2.24, 2.45) is 10.7 Å². The van der Waals surface area contributed by atoms with E-state index in [1.807, 2.05) is 31.2 Å². The molecule has 0 heterocycles. The van der Waals surface area contributed by atoms with Crippen LogP contribution in [-0.4, -0.2) is 37.4 Å². The standard InChI is InChI=1S/C13H20N4O/c1-10-4-6-11(7-5-10)16-13(14)15-9-8-12(18)17(2)3/h4-7H,8-9H2,1-3H3,(H3,14,15,16). The van der Waals surface area contributed by atoms with Crippen LogP contribution in [0.5, 0.6) is 0 Å². The summed E-state index contributed by atoms with van der Waals surface area (Å²) in [6.07, 6.45) is 0.364. The molecule has 0 aliphatic carbocycles. The van der Waals surface area contributed by atoms with Gasteiger partial charge in [0, 0.05) is 26.2 Å². The zero-order valence-electron chi connectivity index (χ0n) is 11.1. The summed E-state index contributed by atoms with van der Waals surface area (Å²) in [5, 5.41) is 2.97. The molecule has 3 N–H and O–H groups in total. The number of aliphatic imine (C=N–C) groups is 1. The number of rotatable bonds is 4. The van der Waals surface area contributed by atoms with Gasteiger partial charge >= 0.3 is 0 Å². The SMILES string of the molecule is Cc1ccc(NC(N)=NCCC(=O)N(C)C)cc1. The summed E-state index contributed by atoms with van der Waals surface area (Å²) in [6.45, 7) is 2.41. The highest BCUT2D eigenvalue weighted by molar-refractivity contribution is 5.92. The molecule has 0 aromatic heterocycles. The minimum Gasteiger partial charge on any atom is -0.370 e. The van der Waals surface area contributed by atoms with Crippen LogP contribution in [0, 0.1) is 6.92 Å². The normalized spacial score (nSPS) is 11.2. The minimum absolute atomic E-state index is 0.0434. The zero-order valence-corrected chi connectivity index (χ0v) is 11.1. The minimum atomic E-state index is 0.0434. The largest absolute Gasteiger partial charge is 0.370 e. The number of carbonyl (C=O) groups excluding carboxylic acids is 1. The van der Waals surface area contributed by atoms with E-state index in [0.29, 0.717) is 18.9 Å². The average Bonchev–Trinajstić information content (AvgIpc) is 2.32. The molecule has 0 spiro atoms. The van der Waals surface area contributed by atoms with Gasteiger partial charge < -0.3 is 16.0 Å². The van der Waals surface area contributed by atoms with Gasteiger partial charge in [-0.25, -0.2) is 0 Å². The maximum absolute atomic E-state index is 11.3. The molecule has 0 aliphatic rings. The van der Waals surface area contributed by atoms with E-state index in [4.69, 9.17) is 5.73 Å². The molecule has 0 atom stereocenters. The molecule has 0 saturated heterocycles. The summed E-state index contributed by atoms with van der Waals surface area (Å²) in [5.74, 6) is 0.368. The molecule has 0 bridgehead atoms. The second-order valence-electron chi connectivity index (χ2n) is 4.30. The Morgan fingerprint density at radius 3 is 2.50 bits per heavy atom. The second-order valence-corrected chi connectivity index (χ2v) is 4.30. The number of amides is 1. The summed E-state index contributed by atoms with van der Waals surface area (Å²) >= 11 is 0. The molecule has 5 nitrogen and oxygen atoms in total. The van der Waals surface area contributed by atoms with Crippen LogP contribution < -0.4 is 11.1 Å². The van der Waals surface area contributed by atoms with Crippen LogP contribution in [0.1, 0.15) is 12.0 Å². The van der Waals surface area contributed by atoms with Gasteiger partial charge in [0.2, 0.25) is 5.91 Å². The van der Waals surface area contributed by atoms with Gasteiger partial charge in [0.1, 0.15) is 0 Å². The highest BCUT2D eigenvalue weighted by atomic mass is 16.2. The number of nitrogens with zero attached hydrogens (tertiary/aromatic N) is 2. The number of benzene rings is 1. The predicted molar refractivity (Wildman–Crippen MR) is 74.6 cm³/mol. The Morgan fingerprint density at radius 1 is 1.33 bits per heavy atom. The second kappa shape index (κ2) is 6.64. The van der Waals surface area contributed by atoms with Crippen LogP contribution >= 0.6 is 0 Å². The number of nitrogens with one attached hydrogen (secondary N) is 1. The number of carbonyl (C=O) groups is 1. The maximum Gasteiger partial charge on any atom is 0.223 e. The van der Waals surface area contributed by atoms with Gasteiger partial charge in [-0.2, -0.15) is 0 Å². The summed E-state index contributed by atoms with van der Waals surface area (Å²) in [5.41, 5.74) is 7.80. The Balaban J connectivity index is 2.42. The quantitative estimate of drug-likeness (QED) is 0.621. The van der Waals surface area contributed by atoms with Gasteiger partial charge in [-0.1, -0.05) is 17.7 Å². The number of guanidine groups is 1. The van der Waals surface area contributed by atoms with Crippen molar-refractivity contribution < 1.29 is 4.79 Å². The lowest BCUT2D eigenvalue weighted by Gasteiger charge is -2.09. The maximum atomic E-state index is 11.3. The van der Waals surface area contributed by atoms with Crippen LogP contribution in [0.25, 0.3) is 0 Å². The van der Waals surface area contributed by atoms with Gasteiger partial charge in [-0.15, -0.1) is 0 Å². The Morgan fingerprint density at radius 2 is 1.94 bits per heavy atom. The third-order valence-corrected chi connectivity index (χ3v) is 2.43. The smallest absolute Gasteiger partial charge is 0.223 e. The molecular formula is C13H20N4O. The van der Waals surface area contributed by atoms with E-state index in [2.05, 4.69) is 10.3 Å². The van der Waals surface area contributed by atoms with E-state index in [0.717, 1.165) is 5.69 Å². The van der Waals surface area contributed by atoms with E-state index in [1.165, 1.54) is 5.56 Å². The fraction of sp³-hybridized carbons (Fsp3) is 0.385. The third kappa shape index (κ3) is 4.86. The topological polar surface area (TPSA) is 70.7 Å². The van der Waals surface area contributed by atoms with Crippen LogP contribution in [0.15, 0.2) is 29.3 Å². The highest BCUT2D eigenvalue weighted by Gasteiger charge is 2.02. The van der Waals surface area contributed by atoms with E-state index >= 15 is 0 Å². The highest BCUT2D eigenvalue weighted by Crippen LogP contribution is 2.07. The first kappa shape index (κ1) is 14.0. The van der Waals surface area contributed by atoms with Gasteiger partial charge in [0.15, 0.2) is 5.96 Å². The van der Waals surface area contributed by atoms with E-state index in [1.54, 1.807) is 19.0 Å². The van der Waals surface area contributed by atoms with E-state index < -0.39 is 0 Å². The molecule has 1 amide bonds. The van der Waals surface area contributed by atoms with Gasteiger partial charge in [-0.05, 0) is 19.1 Å². The van der Waals surface area contributed by atoms with Crippen molar-refractivity contribution in [3.63, 3.8) is 0 Å². The van der Waals surface area contributed by atoms with Gasteiger partial charge in [0.25, 0.3) is 0 Å². The summed E-state index contributed by atoms with van der Waals surface area (Å²) in [4.78, 5) is 17.0. The number of hydrogen-bond donors (Lipinski definition) is 2. The molecule has 5 heteroatoms. The van der Waals surface area contributed by atoms with Crippen molar-refractivity contribution in [2.45, 2.75) is 13.3 Å². The molecule has 0 saturated carbocycles. The lowest BCUT2D eigenvalue weighted by molar-refractivity contribution is -0.128. The Bertz CT molecular complexity index is 423. The van der Waals surface area contributed by atoms with Crippen molar-refractivity contribution in [1.29, 1.82) is 0 Å². The zero-order chi connectivity index (χ0) is 13.5. The number of aryl methyl sites for hydroxylation is 1. The molecule has 98 valence electrons. The molecule has 1 rings (SSSR count). The fourth-order valence-corrected chi connectivity index (χ4v) is 1.32. The molecule has 0 fully saturated rings. The van der Waals surface area contributed by atoms with Crippen LogP contribution in [0.3, 0.4) is 0 Å². The van der Waals surface area contributed by atoms with E-state index in [9.17, 15) is 4.79 Å². The van der Waals surface area contributed by atoms with Crippen molar-refractivity contribution in [3.8, 4) is 0 Å². The van der Waals surface area contributed by atoms with Crippen molar-refractivity contribution in [2.75, 3.05) is 26.0 Å². The van der Waals surface area contributed by atoms with Crippen molar-refractivity contribution >= 4 is 17.6 Å². The molecular weight excluding hydrogens is 228 g/mol. The predicted octanol–water partition coefficient (Wildman–Crippen LogP) is 1.20. The number of anilines is 1. The van der Waals surface area contributed by atoms with Crippen LogP contribution in [-0.2, 0) is 4.79 Å². The Labute approximate surface area is 108 Å². The summed E-state index contributed by atoms with van der Waals surface area (Å²) in [6, 6.07) is 7.85. The summed E-state index contributed by atoms with van der Waals surface area (Å²) < 4.78 is 0. The van der Waals surface area contributed by atoms with E-state index in [-0.39, 0.29) is 5.91 Å².